The second-order valence-corrected chi connectivity index (χ2v) is 3.83. The minimum absolute atomic E-state index is 0.0806. The molecular weight excluding hydrogens is 204 g/mol. The zero-order valence-corrected chi connectivity index (χ0v) is 9.14. The number of carbonyl (C=O) groups excluding carboxylic acids is 2. The number of benzene rings is 1. The molecule has 1 aliphatic rings. The Balaban J connectivity index is 2.19. The molecule has 0 bridgehead atoms. The molecule has 1 saturated heterocycles. The predicted molar refractivity (Wildman–Crippen MR) is 60.0 cm³/mol. The number of carbonyl (C=O) groups is 2. The van der Waals surface area contributed by atoms with Crippen LogP contribution in [0.25, 0.3) is 0 Å². The summed E-state index contributed by atoms with van der Waals surface area (Å²) in [5, 5.41) is 2.74. The molecule has 1 aliphatic heterocycles. The number of amides is 2. The highest BCUT2D eigenvalue weighted by molar-refractivity contribution is 5.98. The molecule has 0 aliphatic carbocycles. The van der Waals surface area contributed by atoms with Crippen molar-refractivity contribution in [2.24, 2.45) is 0 Å². The van der Waals surface area contributed by atoms with E-state index in [0.717, 1.165) is 0 Å². The fourth-order valence-corrected chi connectivity index (χ4v) is 1.81. The van der Waals surface area contributed by atoms with E-state index in [0.29, 0.717) is 18.7 Å². The minimum atomic E-state index is -0.388. The molecule has 84 valence electrons. The lowest BCUT2D eigenvalue weighted by Gasteiger charge is -2.32. The molecule has 1 aromatic rings. The van der Waals surface area contributed by atoms with Crippen LogP contribution >= 0.6 is 0 Å². The number of piperazine rings is 1. The lowest BCUT2D eigenvalue weighted by Crippen LogP contribution is -2.55. The molecule has 0 aromatic heterocycles. The molecule has 1 aromatic carbocycles. The van der Waals surface area contributed by atoms with Crippen LogP contribution < -0.4 is 5.32 Å². The first kappa shape index (κ1) is 10.7. The average molecular weight is 218 g/mol. The molecule has 2 rings (SSSR count). The Kier molecular flexibility index (Phi) is 2.90. The third kappa shape index (κ3) is 1.91. The molecule has 1 atom stereocenters. The molecule has 4 nitrogen and oxygen atoms in total. The van der Waals surface area contributed by atoms with Gasteiger partial charge in [0.05, 0.1) is 0 Å². The average Bonchev–Trinajstić information content (AvgIpc) is 2.33. The summed E-state index contributed by atoms with van der Waals surface area (Å²) in [6.45, 7) is 2.84. The number of nitrogens with zero attached hydrogens (tertiary/aromatic N) is 1. The van der Waals surface area contributed by atoms with Gasteiger partial charge in [-0.15, -0.1) is 0 Å². The minimum Gasteiger partial charge on any atom is -0.353 e. The van der Waals surface area contributed by atoms with Gasteiger partial charge in [0.1, 0.15) is 6.04 Å². The summed E-state index contributed by atoms with van der Waals surface area (Å²) >= 11 is 0. The first-order chi connectivity index (χ1) is 7.70. The Morgan fingerprint density at radius 3 is 2.75 bits per heavy atom. The third-order valence-electron chi connectivity index (χ3n) is 2.78. The van der Waals surface area contributed by atoms with Crippen LogP contribution in [0.3, 0.4) is 0 Å². The van der Waals surface area contributed by atoms with Crippen LogP contribution in [0, 0.1) is 0 Å². The second-order valence-electron chi connectivity index (χ2n) is 3.83. The first-order valence-electron chi connectivity index (χ1n) is 5.34. The molecule has 4 heteroatoms. The molecule has 2 amide bonds. The summed E-state index contributed by atoms with van der Waals surface area (Å²) < 4.78 is 0. The highest BCUT2D eigenvalue weighted by Crippen LogP contribution is 2.10. The lowest BCUT2D eigenvalue weighted by molar-refractivity contribution is -0.127. The van der Waals surface area contributed by atoms with Gasteiger partial charge in [0.15, 0.2) is 0 Å². The second kappa shape index (κ2) is 4.35. The molecular formula is C12H14N2O2. The SMILES string of the molecule is C[C@H]1C(=O)NCCN1C(=O)c1ccccc1. The molecule has 1 heterocycles. The van der Waals surface area contributed by atoms with Gasteiger partial charge in [0.25, 0.3) is 5.91 Å². The van der Waals surface area contributed by atoms with Crippen LogP contribution in [0.15, 0.2) is 30.3 Å². The maximum Gasteiger partial charge on any atom is 0.254 e. The van der Waals surface area contributed by atoms with Crippen LogP contribution in [-0.2, 0) is 4.79 Å². The molecule has 0 radical (unpaired) electrons. The van der Waals surface area contributed by atoms with Gasteiger partial charge in [-0.25, -0.2) is 0 Å². The summed E-state index contributed by atoms with van der Waals surface area (Å²) in [4.78, 5) is 25.1. The van der Waals surface area contributed by atoms with Crippen molar-refractivity contribution in [1.82, 2.24) is 10.2 Å². The van der Waals surface area contributed by atoms with Crippen molar-refractivity contribution >= 4 is 11.8 Å². The molecule has 0 spiro atoms. The van der Waals surface area contributed by atoms with E-state index in [9.17, 15) is 9.59 Å². The third-order valence-corrected chi connectivity index (χ3v) is 2.78. The Morgan fingerprint density at radius 2 is 2.06 bits per heavy atom. The van der Waals surface area contributed by atoms with Crippen LogP contribution in [0.5, 0.6) is 0 Å². The van der Waals surface area contributed by atoms with Crippen molar-refractivity contribution in [3.8, 4) is 0 Å². The van der Waals surface area contributed by atoms with E-state index in [1.807, 2.05) is 18.2 Å². The fraction of sp³-hybridized carbons (Fsp3) is 0.333. The molecule has 16 heavy (non-hydrogen) atoms. The molecule has 0 saturated carbocycles. The predicted octanol–water partition coefficient (Wildman–Crippen LogP) is 0.647. The van der Waals surface area contributed by atoms with Gasteiger partial charge in [0.2, 0.25) is 5.91 Å². The summed E-state index contributed by atoms with van der Waals surface area (Å²) in [7, 11) is 0. The first-order valence-corrected chi connectivity index (χ1v) is 5.34. The quantitative estimate of drug-likeness (QED) is 0.752. The number of rotatable bonds is 1. The van der Waals surface area contributed by atoms with E-state index in [1.165, 1.54) is 0 Å². The lowest BCUT2D eigenvalue weighted by atomic mass is 10.1. The fourth-order valence-electron chi connectivity index (χ4n) is 1.81. The van der Waals surface area contributed by atoms with Crippen LogP contribution in [0.4, 0.5) is 0 Å². The van der Waals surface area contributed by atoms with Gasteiger partial charge in [-0.05, 0) is 19.1 Å². The highest BCUT2D eigenvalue weighted by Gasteiger charge is 2.29. The van der Waals surface area contributed by atoms with E-state index in [4.69, 9.17) is 0 Å². The van der Waals surface area contributed by atoms with Crippen molar-refractivity contribution in [2.75, 3.05) is 13.1 Å². The number of hydrogen-bond donors (Lipinski definition) is 1. The van der Waals surface area contributed by atoms with Crippen molar-refractivity contribution in [2.45, 2.75) is 13.0 Å². The van der Waals surface area contributed by atoms with Crippen LogP contribution in [0.2, 0.25) is 0 Å². The maximum atomic E-state index is 12.1. The summed E-state index contributed by atoms with van der Waals surface area (Å²) in [5.41, 5.74) is 0.629. The largest absolute Gasteiger partial charge is 0.353 e. The zero-order valence-electron chi connectivity index (χ0n) is 9.14. The Labute approximate surface area is 94.2 Å². The van der Waals surface area contributed by atoms with Gasteiger partial charge < -0.3 is 10.2 Å². The normalized spacial score (nSPS) is 20.4. The zero-order chi connectivity index (χ0) is 11.5. The van der Waals surface area contributed by atoms with E-state index < -0.39 is 0 Å². The van der Waals surface area contributed by atoms with Crippen molar-refractivity contribution in [3.05, 3.63) is 35.9 Å². The maximum absolute atomic E-state index is 12.1. The standard InChI is InChI=1S/C12H14N2O2/c1-9-11(15)13-7-8-14(9)12(16)10-5-3-2-4-6-10/h2-6,9H,7-8H2,1H3,(H,13,15)/t9-/m0/s1. The van der Waals surface area contributed by atoms with E-state index >= 15 is 0 Å². The Bertz CT molecular complexity index is 403. The molecule has 1 N–H and O–H groups in total. The number of hydrogen-bond acceptors (Lipinski definition) is 2. The van der Waals surface area contributed by atoms with Gasteiger partial charge in [-0.3, -0.25) is 9.59 Å². The monoisotopic (exact) mass is 218 g/mol. The highest BCUT2D eigenvalue weighted by atomic mass is 16.2. The van der Waals surface area contributed by atoms with E-state index in [-0.39, 0.29) is 17.9 Å². The number of nitrogens with one attached hydrogen (secondary N) is 1. The van der Waals surface area contributed by atoms with Crippen molar-refractivity contribution < 1.29 is 9.59 Å². The topological polar surface area (TPSA) is 49.4 Å². The summed E-state index contributed by atoms with van der Waals surface area (Å²) in [6, 6.07) is 8.65. The molecule has 1 fully saturated rings. The van der Waals surface area contributed by atoms with Gasteiger partial charge in [-0.2, -0.15) is 0 Å². The van der Waals surface area contributed by atoms with Gasteiger partial charge >= 0.3 is 0 Å². The van der Waals surface area contributed by atoms with Crippen LogP contribution in [-0.4, -0.2) is 35.8 Å². The smallest absolute Gasteiger partial charge is 0.254 e. The van der Waals surface area contributed by atoms with E-state index in [2.05, 4.69) is 5.32 Å². The van der Waals surface area contributed by atoms with E-state index in [1.54, 1.807) is 24.0 Å². The van der Waals surface area contributed by atoms with Crippen molar-refractivity contribution in [1.29, 1.82) is 0 Å². The summed E-state index contributed by atoms with van der Waals surface area (Å²) in [6.07, 6.45) is 0. The molecule has 0 unspecified atom stereocenters. The Hall–Kier alpha value is -1.84. The van der Waals surface area contributed by atoms with Crippen LogP contribution in [0.1, 0.15) is 17.3 Å². The van der Waals surface area contributed by atoms with Crippen molar-refractivity contribution in [3.63, 3.8) is 0 Å². The summed E-state index contributed by atoms with van der Waals surface area (Å²) in [5.74, 6) is -0.168. The van der Waals surface area contributed by atoms with Gasteiger partial charge in [-0.1, -0.05) is 18.2 Å². The Morgan fingerprint density at radius 1 is 1.38 bits per heavy atom. The van der Waals surface area contributed by atoms with Gasteiger partial charge in [0, 0.05) is 18.7 Å².